The second kappa shape index (κ2) is 10.9. The van der Waals surface area contributed by atoms with Crippen molar-refractivity contribution >= 4 is 34.8 Å². The average Bonchev–Trinajstić information content (AvgIpc) is 2.75. The van der Waals surface area contributed by atoms with Gasteiger partial charge in [-0.05, 0) is 24.3 Å². The Morgan fingerprint density at radius 1 is 0.853 bits per heavy atom. The molecule has 0 aliphatic carbocycles. The van der Waals surface area contributed by atoms with Gasteiger partial charge in [-0.3, -0.25) is 24.2 Å². The average molecular weight is 475 g/mol. The quantitative estimate of drug-likeness (QED) is 0.427. The highest BCUT2D eigenvalue weighted by molar-refractivity contribution is 5.79. The first kappa shape index (κ1) is 24.9. The van der Waals surface area contributed by atoms with E-state index in [-0.39, 0.29) is 6.61 Å². The van der Waals surface area contributed by atoms with Crippen molar-refractivity contribution in [2.45, 2.75) is 58.4 Å². The smallest absolute Gasteiger partial charge is 0.305 e. The SMILES string of the molecule is CC(=O)OC[C@H]1O[C@H](OC(C)=O)[C@H](Oc2ccc3ncccc3c2)[C@@H](OC(C)=O)[C@@H]1OC(C)=O. The van der Waals surface area contributed by atoms with E-state index in [1.54, 1.807) is 30.5 Å². The van der Waals surface area contributed by atoms with Crippen LogP contribution >= 0.6 is 0 Å². The number of hydrogen-bond donors (Lipinski definition) is 0. The zero-order valence-corrected chi connectivity index (χ0v) is 19.1. The van der Waals surface area contributed by atoms with Gasteiger partial charge in [0.05, 0.1) is 5.52 Å². The summed E-state index contributed by atoms with van der Waals surface area (Å²) in [6.07, 6.45) is -4.54. The molecule has 1 saturated heterocycles. The van der Waals surface area contributed by atoms with Gasteiger partial charge in [-0.1, -0.05) is 6.07 Å². The molecule has 0 amide bonds. The number of fused-ring (bicyclic) bond motifs is 1. The van der Waals surface area contributed by atoms with E-state index in [1.165, 1.54) is 20.8 Å². The third-order valence-corrected chi connectivity index (χ3v) is 4.77. The highest BCUT2D eigenvalue weighted by Gasteiger charge is 2.53. The third kappa shape index (κ3) is 6.41. The van der Waals surface area contributed by atoms with Gasteiger partial charge >= 0.3 is 23.9 Å². The molecule has 1 aliphatic rings. The number of benzene rings is 1. The van der Waals surface area contributed by atoms with E-state index in [9.17, 15) is 19.2 Å². The van der Waals surface area contributed by atoms with Crippen LogP contribution in [0.4, 0.5) is 0 Å². The van der Waals surface area contributed by atoms with E-state index in [2.05, 4.69) is 4.98 Å². The molecule has 11 nitrogen and oxygen atoms in total. The van der Waals surface area contributed by atoms with Crippen molar-refractivity contribution in [1.82, 2.24) is 4.98 Å². The van der Waals surface area contributed by atoms with Crippen molar-refractivity contribution in [2.24, 2.45) is 0 Å². The van der Waals surface area contributed by atoms with Crippen LogP contribution in [0.25, 0.3) is 10.9 Å². The number of carbonyl (C=O) groups excluding carboxylic acids is 4. The van der Waals surface area contributed by atoms with Gasteiger partial charge in [-0.2, -0.15) is 0 Å². The summed E-state index contributed by atoms with van der Waals surface area (Å²) in [5, 5.41) is 0.772. The Kier molecular flexibility index (Phi) is 8.00. The first-order valence-electron chi connectivity index (χ1n) is 10.5. The molecule has 1 aliphatic heterocycles. The van der Waals surface area contributed by atoms with Gasteiger partial charge in [0.2, 0.25) is 12.4 Å². The lowest BCUT2D eigenvalue weighted by Gasteiger charge is -2.44. The lowest BCUT2D eigenvalue weighted by molar-refractivity contribution is -0.292. The van der Waals surface area contributed by atoms with Crippen LogP contribution in [0.3, 0.4) is 0 Å². The summed E-state index contributed by atoms with van der Waals surface area (Å²) in [7, 11) is 0. The molecule has 3 rings (SSSR count). The number of carbonyl (C=O) groups is 4. The van der Waals surface area contributed by atoms with Gasteiger partial charge in [0.1, 0.15) is 18.5 Å². The number of pyridine rings is 1. The van der Waals surface area contributed by atoms with E-state index in [0.29, 0.717) is 5.75 Å². The molecule has 2 heterocycles. The highest BCUT2D eigenvalue weighted by atomic mass is 16.7. The molecular formula is C23H25NO10. The van der Waals surface area contributed by atoms with Crippen molar-refractivity contribution in [3.63, 3.8) is 0 Å². The number of ether oxygens (including phenoxy) is 6. The summed E-state index contributed by atoms with van der Waals surface area (Å²) < 4.78 is 33.0. The molecule has 0 spiro atoms. The number of esters is 4. The minimum atomic E-state index is -1.38. The molecule has 1 fully saturated rings. The minimum absolute atomic E-state index is 0.336. The normalized spacial score (nSPS) is 24.1. The highest BCUT2D eigenvalue weighted by Crippen LogP contribution is 2.31. The molecule has 0 saturated carbocycles. The predicted octanol–water partition coefficient (Wildman–Crippen LogP) is 1.70. The molecular weight excluding hydrogens is 450 g/mol. The van der Waals surface area contributed by atoms with Crippen LogP contribution in [-0.4, -0.2) is 66.2 Å². The van der Waals surface area contributed by atoms with E-state index in [4.69, 9.17) is 28.4 Å². The maximum Gasteiger partial charge on any atom is 0.305 e. The number of aromatic nitrogens is 1. The Morgan fingerprint density at radius 3 is 2.18 bits per heavy atom. The maximum atomic E-state index is 12.0. The molecule has 0 unspecified atom stereocenters. The van der Waals surface area contributed by atoms with E-state index >= 15 is 0 Å². The monoisotopic (exact) mass is 475 g/mol. The fourth-order valence-electron chi connectivity index (χ4n) is 3.54. The first-order valence-corrected chi connectivity index (χ1v) is 10.5. The molecule has 1 aromatic heterocycles. The first-order chi connectivity index (χ1) is 16.1. The maximum absolute atomic E-state index is 12.0. The lowest BCUT2D eigenvalue weighted by atomic mass is 9.98. The van der Waals surface area contributed by atoms with Crippen LogP contribution in [0.2, 0.25) is 0 Å². The summed E-state index contributed by atoms with van der Waals surface area (Å²) in [4.78, 5) is 51.2. The Hall–Kier alpha value is -3.73. The van der Waals surface area contributed by atoms with Crippen LogP contribution in [0, 0.1) is 0 Å². The summed E-state index contributed by atoms with van der Waals surface area (Å²) >= 11 is 0. The van der Waals surface area contributed by atoms with Crippen molar-refractivity contribution in [3.8, 4) is 5.75 Å². The molecule has 2 aromatic rings. The van der Waals surface area contributed by atoms with E-state index in [1.807, 2.05) is 6.07 Å². The van der Waals surface area contributed by atoms with Crippen LogP contribution < -0.4 is 4.74 Å². The Balaban J connectivity index is 2.00. The second-order valence-electron chi connectivity index (χ2n) is 7.54. The molecule has 34 heavy (non-hydrogen) atoms. The van der Waals surface area contributed by atoms with Crippen molar-refractivity contribution in [3.05, 3.63) is 36.5 Å². The summed E-state index contributed by atoms with van der Waals surface area (Å²) in [5.41, 5.74) is 0.724. The molecule has 182 valence electrons. The van der Waals surface area contributed by atoms with Gasteiger partial charge in [0.15, 0.2) is 12.2 Å². The molecule has 1 aromatic carbocycles. The summed E-state index contributed by atoms with van der Waals surface area (Å²) in [5.74, 6) is -2.36. The van der Waals surface area contributed by atoms with Crippen LogP contribution in [-0.2, 0) is 42.9 Å². The van der Waals surface area contributed by atoms with Gasteiger partial charge < -0.3 is 28.4 Å². The van der Waals surface area contributed by atoms with Gasteiger partial charge in [-0.15, -0.1) is 0 Å². The standard InChI is InChI=1S/C23H25NO10/c1-12(25)29-11-19-20(30-13(2)26)21(31-14(3)27)22(23(34-19)32-15(4)28)33-17-7-8-18-16(10-17)6-5-9-24-18/h5-10,19-23H,11H2,1-4H3/t19-,20-,21+,22-,23+/m1/s1. The van der Waals surface area contributed by atoms with Crippen LogP contribution in [0.1, 0.15) is 27.7 Å². The zero-order valence-electron chi connectivity index (χ0n) is 19.1. The Labute approximate surface area is 195 Å². The van der Waals surface area contributed by atoms with E-state index < -0.39 is 54.6 Å². The van der Waals surface area contributed by atoms with Gasteiger partial charge in [0, 0.05) is 39.3 Å². The van der Waals surface area contributed by atoms with Crippen LogP contribution in [0.5, 0.6) is 5.75 Å². The summed E-state index contributed by atoms with van der Waals surface area (Å²) in [6.45, 7) is 4.34. The number of nitrogens with zero attached hydrogens (tertiary/aromatic N) is 1. The molecule has 0 radical (unpaired) electrons. The van der Waals surface area contributed by atoms with Gasteiger partial charge in [0.25, 0.3) is 0 Å². The number of rotatable bonds is 7. The fourth-order valence-corrected chi connectivity index (χ4v) is 3.54. The van der Waals surface area contributed by atoms with Gasteiger partial charge in [-0.25, -0.2) is 0 Å². The topological polar surface area (TPSA) is 137 Å². The summed E-state index contributed by atoms with van der Waals surface area (Å²) in [6, 6.07) is 8.65. The Morgan fingerprint density at radius 2 is 1.53 bits per heavy atom. The number of hydrogen-bond acceptors (Lipinski definition) is 11. The lowest BCUT2D eigenvalue weighted by Crippen LogP contribution is -2.63. The molecule has 5 atom stereocenters. The Bertz CT molecular complexity index is 1070. The third-order valence-electron chi connectivity index (χ3n) is 4.77. The van der Waals surface area contributed by atoms with Crippen LogP contribution in [0.15, 0.2) is 36.5 Å². The van der Waals surface area contributed by atoms with Crippen molar-refractivity contribution in [2.75, 3.05) is 6.61 Å². The van der Waals surface area contributed by atoms with Crippen molar-refractivity contribution < 1.29 is 47.6 Å². The molecule has 0 bridgehead atoms. The zero-order chi connectivity index (χ0) is 24.8. The molecule has 0 N–H and O–H groups in total. The predicted molar refractivity (Wildman–Crippen MR) is 114 cm³/mol. The minimum Gasteiger partial charge on any atom is -0.480 e. The van der Waals surface area contributed by atoms with Crippen molar-refractivity contribution in [1.29, 1.82) is 0 Å². The molecule has 11 heteroatoms. The fraction of sp³-hybridized carbons (Fsp3) is 0.435. The van der Waals surface area contributed by atoms with E-state index in [0.717, 1.165) is 17.8 Å². The largest absolute Gasteiger partial charge is 0.480 e. The second-order valence-corrected chi connectivity index (χ2v) is 7.54.